The van der Waals surface area contributed by atoms with Crippen LogP contribution < -0.4 is 0 Å². The predicted molar refractivity (Wildman–Crippen MR) is 124 cm³/mol. The fourth-order valence-corrected chi connectivity index (χ4v) is 3.64. The van der Waals surface area contributed by atoms with Gasteiger partial charge in [0.15, 0.2) is 5.78 Å². The summed E-state index contributed by atoms with van der Waals surface area (Å²) in [6, 6.07) is 7.86. The molecule has 3 N–H and O–H groups in total. The zero-order valence-electron chi connectivity index (χ0n) is 19.0. The van der Waals surface area contributed by atoms with Gasteiger partial charge in [-0.1, -0.05) is 94.4 Å². The third kappa shape index (κ3) is 10.3. The number of rotatable bonds is 18. The first-order chi connectivity index (χ1) is 14.9. The van der Waals surface area contributed by atoms with Crippen LogP contribution in [0, 0.1) is 0 Å². The molecule has 1 aromatic rings. The van der Waals surface area contributed by atoms with Crippen molar-refractivity contribution in [2.45, 2.75) is 102 Å². The van der Waals surface area contributed by atoms with Crippen molar-refractivity contribution in [3.63, 3.8) is 0 Å². The summed E-state index contributed by atoms with van der Waals surface area (Å²) < 4.78 is 0. The Kier molecular flexibility index (Phi) is 13.8. The highest BCUT2D eigenvalue weighted by Gasteiger charge is 2.44. The highest BCUT2D eigenvalue weighted by molar-refractivity contribution is 6.06. The summed E-state index contributed by atoms with van der Waals surface area (Å²) >= 11 is 0. The van der Waals surface area contributed by atoms with Gasteiger partial charge in [-0.3, -0.25) is 4.79 Å². The minimum Gasteiger partial charge on any atom is -0.479 e. The lowest BCUT2D eigenvalue weighted by molar-refractivity contribution is -0.166. The standard InChI is InChI=1S/C26H40O5/c1-2-3-4-14-19-23(27)20-15-9-7-5-6-8-10-16-21-24(28)26(31,25(29)30)22-17-12-11-13-18-22/h9,11-13,15,17-18,23,27,31H,2-8,10,14,16,19-21H2,1H3,(H,29,30)/b15-9-/t23-,26?/m1/s1. The quantitative estimate of drug-likeness (QED) is 0.161. The van der Waals surface area contributed by atoms with Crippen molar-refractivity contribution >= 4 is 11.8 Å². The van der Waals surface area contributed by atoms with Crippen LogP contribution in [0.4, 0.5) is 0 Å². The highest BCUT2D eigenvalue weighted by atomic mass is 16.4. The van der Waals surface area contributed by atoms with E-state index in [0.29, 0.717) is 6.42 Å². The molecule has 0 bridgehead atoms. The van der Waals surface area contributed by atoms with E-state index in [4.69, 9.17) is 0 Å². The lowest BCUT2D eigenvalue weighted by Crippen LogP contribution is -2.43. The molecule has 5 nitrogen and oxygen atoms in total. The predicted octanol–water partition coefficient (Wildman–Crippen LogP) is 5.54. The highest BCUT2D eigenvalue weighted by Crippen LogP contribution is 2.25. The van der Waals surface area contributed by atoms with Crippen molar-refractivity contribution in [1.29, 1.82) is 0 Å². The SMILES string of the molecule is CCCCCC[C@@H](O)C/C=C\CCCCCCCC(=O)C(O)(C(=O)O)c1ccccc1. The summed E-state index contributed by atoms with van der Waals surface area (Å²) in [6.07, 6.45) is 15.8. The molecule has 1 rings (SSSR count). The van der Waals surface area contributed by atoms with Gasteiger partial charge in [-0.25, -0.2) is 4.79 Å². The smallest absolute Gasteiger partial charge is 0.348 e. The Bertz CT molecular complexity index is 655. The molecule has 0 aliphatic carbocycles. The number of allylic oxidation sites excluding steroid dienone is 1. The van der Waals surface area contributed by atoms with Crippen LogP contribution in [0.5, 0.6) is 0 Å². The minimum atomic E-state index is -2.47. The summed E-state index contributed by atoms with van der Waals surface area (Å²) in [5.74, 6) is -2.19. The maximum Gasteiger partial charge on any atom is 0.348 e. The summed E-state index contributed by atoms with van der Waals surface area (Å²) in [4.78, 5) is 24.0. The average molecular weight is 433 g/mol. The van der Waals surface area contributed by atoms with Gasteiger partial charge >= 0.3 is 5.97 Å². The number of ketones is 1. The Balaban J connectivity index is 2.15. The molecule has 0 amide bonds. The zero-order chi connectivity index (χ0) is 23.0. The lowest BCUT2D eigenvalue weighted by atomic mass is 9.87. The number of carbonyl (C=O) groups is 2. The number of carbonyl (C=O) groups excluding carboxylic acids is 1. The van der Waals surface area contributed by atoms with E-state index < -0.39 is 17.4 Å². The fraction of sp³-hybridized carbons (Fsp3) is 0.615. The van der Waals surface area contributed by atoms with Crippen molar-refractivity contribution in [1.82, 2.24) is 0 Å². The molecule has 5 heteroatoms. The number of benzene rings is 1. The molecule has 1 aromatic carbocycles. The Hall–Kier alpha value is -1.98. The monoisotopic (exact) mass is 432 g/mol. The minimum absolute atomic E-state index is 0.0493. The van der Waals surface area contributed by atoms with Gasteiger partial charge in [0.25, 0.3) is 0 Å². The van der Waals surface area contributed by atoms with E-state index in [1.165, 1.54) is 31.4 Å². The second kappa shape index (κ2) is 15.8. The van der Waals surface area contributed by atoms with Crippen LogP contribution in [-0.4, -0.2) is 33.2 Å². The molecule has 0 aliphatic heterocycles. The molecule has 0 saturated carbocycles. The summed E-state index contributed by atoms with van der Waals surface area (Å²) in [7, 11) is 0. The Labute approximate surface area is 187 Å². The number of unbranched alkanes of at least 4 members (excludes halogenated alkanes) is 8. The van der Waals surface area contributed by atoms with E-state index in [9.17, 15) is 24.9 Å². The molecule has 0 aromatic heterocycles. The van der Waals surface area contributed by atoms with E-state index in [2.05, 4.69) is 19.1 Å². The van der Waals surface area contributed by atoms with Gasteiger partial charge in [0.2, 0.25) is 5.60 Å². The van der Waals surface area contributed by atoms with Crippen molar-refractivity contribution < 1.29 is 24.9 Å². The molecule has 0 heterocycles. The number of aliphatic hydroxyl groups excluding tert-OH is 1. The van der Waals surface area contributed by atoms with Crippen LogP contribution in [0.15, 0.2) is 42.5 Å². The zero-order valence-corrected chi connectivity index (χ0v) is 19.0. The molecule has 0 aliphatic rings. The van der Waals surface area contributed by atoms with Crippen molar-refractivity contribution in [2.24, 2.45) is 0 Å². The number of aliphatic hydroxyl groups is 2. The van der Waals surface area contributed by atoms with Crippen molar-refractivity contribution in [2.75, 3.05) is 0 Å². The number of hydrogen-bond acceptors (Lipinski definition) is 4. The Morgan fingerprint density at radius 3 is 2.26 bits per heavy atom. The van der Waals surface area contributed by atoms with Gasteiger partial charge in [0.1, 0.15) is 0 Å². The number of carboxylic acid groups (broad SMARTS) is 1. The fourth-order valence-electron chi connectivity index (χ4n) is 3.64. The normalized spacial score (nSPS) is 14.4. The maximum absolute atomic E-state index is 12.4. The molecular weight excluding hydrogens is 392 g/mol. The van der Waals surface area contributed by atoms with Crippen LogP contribution in [0.2, 0.25) is 0 Å². The molecule has 0 fully saturated rings. The molecule has 31 heavy (non-hydrogen) atoms. The van der Waals surface area contributed by atoms with Crippen LogP contribution in [0.1, 0.15) is 96.0 Å². The van der Waals surface area contributed by atoms with Gasteiger partial charge in [-0.05, 0) is 32.1 Å². The third-order valence-electron chi connectivity index (χ3n) is 5.64. The van der Waals surface area contributed by atoms with Gasteiger partial charge in [-0.15, -0.1) is 0 Å². The van der Waals surface area contributed by atoms with E-state index in [1.54, 1.807) is 18.2 Å². The number of aliphatic carboxylic acids is 1. The second-order valence-corrected chi connectivity index (χ2v) is 8.32. The molecule has 174 valence electrons. The number of hydrogen-bond donors (Lipinski definition) is 3. The first-order valence-corrected chi connectivity index (χ1v) is 11.8. The van der Waals surface area contributed by atoms with Gasteiger partial charge < -0.3 is 15.3 Å². The first kappa shape index (κ1) is 27.1. The van der Waals surface area contributed by atoms with E-state index >= 15 is 0 Å². The van der Waals surface area contributed by atoms with Crippen LogP contribution in [-0.2, 0) is 15.2 Å². The topological polar surface area (TPSA) is 94.8 Å². The summed E-state index contributed by atoms with van der Waals surface area (Å²) in [6.45, 7) is 2.18. The Morgan fingerprint density at radius 1 is 0.935 bits per heavy atom. The van der Waals surface area contributed by atoms with E-state index in [0.717, 1.165) is 51.4 Å². The van der Waals surface area contributed by atoms with Crippen molar-refractivity contribution in [3.05, 3.63) is 48.0 Å². The molecule has 1 unspecified atom stereocenters. The molecule has 0 spiro atoms. The van der Waals surface area contributed by atoms with Gasteiger partial charge in [-0.2, -0.15) is 0 Å². The number of Topliss-reactive ketones (excluding diaryl/α,β-unsaturated/α-hetero) is 1. The lowest BCUT2D eigenvalue weighted by Gasteiger charge is -2.22. The van der Waals surface area contributed by atoms with E-state index in [1.807, 2.05) is 0 Å². The van der Waals surface area contributed by atoms with Crippen LogP contribution >= 0.6 is 0 Å². The summed E-state index contributed by atoms with van der Waals surface area (Å²) in [5, 5.41) is 29.8. The summed E-state index contributed by atoms with van der Waals surface area (Å²) in [5.41, 5.74) is -2.36. The third-order valence-corrected chi connectivity index (χ3v) is 5.64. The average Bonchev–Trinajstić information content (AvgIpc) is 2.77. The maximum atomic E-state index is 12.4. The molecule has 0 radical (unpaired) electrons. The van der Waals surface area contributed by atoms with Crippen LogP contribution in [0.3, 0.4) is 0 Å². The van der Waals surface area contributed by atoms with E-state index in [-0.39, 0.29) is 18.1 Å². The molecular formula is C26H40O5. The largest absolute Gasteiger partial charge is 0.479 e. The molecule has 2 atom stereocenters. The number of carboxylic acids is 1. The van der Waals surface area contributed by atoms with Gasteiger partial charge in [0.05, 0.1) is 6.10 Å². The van der Waals surface area contributed by atoms with Crippen molar-refractivity contribution in [3.8, 4) is 0 Å². The van der Waals surface area contributed by atoms with Crippen LogP contribution in [0.25, 0.3) is 0 Å². The molecule has 0 saturated heterocycles. The first-order valence-electron chi connectivity index (χ1n) is 11.8. The van der Waals surface area contributed by atoms with Gasteiger partial charge in [0, 0.05) is 12.0 Å². The Morgan fingerprint density at radius 2 is 1.58 bits per heavy atom. The second-order valence-electron chi connectivity index (χ2n) is 8.32.